The topological polar surface area (TPSA) is 67.9 Å². The third-order valence-electron chi connectivity index (χ3n) is 5.04. The molecule has 1 aliphatic heterocycles. The Hall–Kier alpha value is -2.29. The second-order valence-corrected chi connectivity index (χ2v) is 8.22. The van der Waals surface area contributed by atoms with Gasteiger partial charge in [-0.2, -0.15) is 5.10 Å². The van der Waals surface area contributed by atoms with Gasteiger partial charge in [-0.25, -0.2) is 13.8 Å². The van der Waals surface area contributed by atoms with Crippen molar-refractivity contribution in [1.29, 1.82) is 0 Å². The van der Waals surface area contributed by atoms with Crippen LogP contribution in [0.1, 0.15) is 37.3 Å². The van der Waals surface area contributed by atoms with Crippen molar-refractivity contribution in [2.24, 2.45) is 10.8 Å². The first-order chi connectivity index (χ1) is 14.5. The number of benzene rings is 2. The van der Waals surface area contributed by atoms with Crippen LogP contribution in [0.3, 0.4) is 0 Å². The molecule has 5 nitrogen and oxygen atoms in total. The zero-order chi connectivity index (χ0) is 21.7. The lowest BCUT2D eigenvalue weighted by Crippen LogP contribution is -2.46. The molecule has 3 rings (SSSR count). The second-order valence-electron chi connectivity index (χ2n) is 6.96. The van der Waals surface area contributed by atoms with Crippen LogP contribution in [0.5, 0.6) is 0 Å². The van der Waals surface area contributed by atoms with Gasteiger partial charge in [0.05, 0.1) is 0 Å². The predicted molar refractivity (Wildman–Crippen MR) is 115 cm³/mol. The Morgan fingerprint density at radius 1 is 1.27 bits per heavy atom. The number of carbonyl (C=O) groups excluding carboxylic acids is 1. The first-order valence-electron chi connectivity index (χ1n) is 9.82. The van der Waals surface area contributed by atoms with E-state index in [-0.39, 0.29) is 16.5 Å². The Bertz CT molecular complexity index is 922. The van der Waals surface area contributed by atoms with Gasteiger partial charge in [0.1, 0.15) is 27.7 Å². The number of hydrazone groups is 1. The molecule has 2 aromatic carbocycles. The minimum Gasteiger partial charge on any atom is -0.372 e. The van der Waals surface area contributed by atoms with E-state index in [0.29, 0.717) is 25.8 Å². The molecule has 8 heteroatoms. The average Bonchev–Trinajstić information content (AvgIpc) is 3.16. The highest BCUT2D eigenvalue weighted by Gasteiger charge is 2.49. The van der Waals surface area contributed by atoms with E-state index in [1.807, 2.05) is 37.3 Å². The molecule has 0 spiro atoms. The minimum absolute atomic E-state index is 0.0221. The lowest BCUT2D eigenvalue weighted by atomic mass is 9.99. The summed E-state index contributed by atoms with van der Waals surface area (Å²) in [5.74, 6) is -1.51. The van der Waals surface area contributed by atoms with Gasteiger partial charge in [0.25, 0.3) is 5.91 Å². The molecule has 0 radical (unpaired) electrons. The van der Waals surface area contributed by atoms with Gasteiger partial charge in [-0.1, -0.05) is 49.0 Å². The van der Waals surface area contributed by atoms with Crippen molar-refractivity contribution in [3.8, 4) is 0 Å². The van der Waals surface area contributed by atoms with E-state index in [4.69, 9.17) is 10.5 Å². The molecule has 2 aromatic rings. The minimum atomic E-state index is -0.933. The summed E-state index contributed by atoms with van der Waals surface area (Å²) in [6.07, 6.45) is 0.863. The summed E-state index contributed by atoms with van der Waals surface area (Å²) in [5, 5.41) is 6.11. The number of carbonyl (C=O) groups is 1. The molecule has 1 amide bonds. The molecular weight excluding hydrogens is 408 g/mol. The third-order valence-corrected chi connectivity index (χ3v) is 6.49. The van der Waals surface area contributed by atoms with Crippen molar-refractivity contribution in [1.82, 2.24) is 5.01 Å². The number of rotatable bonds is 8. The summed E-state index contributed by atoms with van der Waals surface area (Å²) in [6, 6.07) is 12.6. The van der Waals surface area contributed by atoms with Crippen molar-refractivity contribution < 1.29 is 18.3 Å². The van der Waals surface area contributed by atoms with E-state index in [1.165, 1.54) is 23.9 Å². The van der Waals surface area contributed by atoms with Gasteiger partial charge in [0.2, 0.25) is 0 Å². The van der Waals surface area contributed by atoms with Gasteiger partial charge in [0.15, 0.2) is 0 Å². The molecule has 2 atom stereocenters. The maximum absolute atomic E-state index is 14.5. The lowest BCUT2D eigenvalue weighted by Gasteiger charge is -2.37. The Morgan fingerprint density at radius 3 is 2.63 bits per heavy atom. The summed E-state index contributed by atoms with van der Waals surface area (Å²) >= 11 is 1.24. The van der Waals surface area contributed by atoms with E-state index >= 15 is 0 Å². The highest BCUT2D eigenvalue weighted by Crippen LogP contribution is 2.50. The van der Waals surface area contributed by atoms with Crippen LogP contribution in [0.4, 0.5) is 8.78 Å². The fourth-order valence-electron chi connectivity index (χ4n) is 3.49. The Kier molecular flexibility index (Phi) is 7.23. The van der Waals surface area contributed by atoms with Gasteiger partial charge in [0, 0.05) is 12.7 Å². The molecule has 0 aliphatic carbocycles. The molecule has 2 N–H and O–H groups in total. The van der Waals surface area contributed by atoms with Crippen LogP contribution in [0.2, 0.25) is 0 Å². The van der Waals surface area contributed by atoms with E-state index in [2.05, 4.69) is 5.10 Å². The number of halogens is 2. The van der Waals surface area contributed by atoms with Crippen molar-refractivity contribution in [2.75, 3.05) is 13.7 Å². The van der Waals surface area contributed by atoms with Gasteiger partial charge < -0.3 is 10.5 Å². The molecule has 30 heavy (non-hydrogen) atoms. The van der Waals surface area contributed by atoms with Gasteiger partial charge in [-0.3, -0.25) is 4.79 Å². The summed E-state index contributed by atoms with van der Waals surface area (Å²) < 4.78 is 33.8. The first-order valence-corrected chi connectivity index (χ1v) is 10.6. The fraction of sp³-hybridized carbons (Fsp3) is 0.364. The quantitative estimate of drug-likeness (QED) is 0.677. The number of amides is 1. The number of hydrogen-bond donors (Lipinski definition) is 1. The average molecular weight is 434 g/mol. The van der Waals surface area contributed by atoms with Crippen LogP contribution in [0, 0.1) is 11.6 Å². The van der Waals surface area contributed by atoms with Crippen molar-refractivity contribution in [2.45, 2.75) is 37.2 Å². The molecule has 0 saturated carbocycles. The van der Waals surface area contributed by atoms with Crippen LogP contribution in [0.15, 0.2) is 53.6 Å². The van der Waals surface area contributed by atoms with Gasteiger partial charge in [-0.05, 0) is 49.6 Å². The number of ether oxygens (including phenoxy) is 1. The number of thioether (sulfide) groups is 1. The molecule has 0 aromatic heterocycles. The highest BCUT2D eigenvalue weighted by atomic mass is 32.2. The van der Waals surface area contributed by atoms with Crippen LogP contribution in [0.25, 0.3) is 0 Å². The zero-order valence-corrected chi connectivity index (χ0v) is 17.8. The number of hydrogen-bond acceptors (Lipinski definition) is 5. The summed E-state index contributed by atoms with van der Waals surface area (Å²) in [6.45, 7) is 2.26. The molecule has 0 fully saturated rings. The largest absolute Gasteiger partial charge is 0.372 e. The van der Waals surface area contributed by atoms with E-state index in [1.54, 1.807) is 0 Å². The Morgan fingerprint density at radius 2 is 2.00 bits per heavy atom. The maximum atomic E-state index is 14.5. The SMILES string of the molecule is CCC(OC)C(=O)N1N=C(c2cc(F)ccc2F)SC1(CCCN)c1ccccc1. The molecular formula is C22H25F2N3O2S. The van der Waals surface area contributed by atoms with Crippen LogP contribution in [-0.4, -0.2) is 35.7 Å². The van der Waals surface area contributed by atoms with Crippen LogP contribution in [-0.2, 0) is 14.4 Å². The molecule has 1 aliphatic rings. The molecule has 0 bridgehead atoms. The first kappa shape index (κ1) is 22.4. The zero-order valence-electron chi connectivity index (χ0n) is 17.0. The monoisotopic (exact) mass is 433 g/mol. The smallest absolute Gasteiger partial charge is 0.273 e. The maximum Gasteiger partial charge on any atom is 0.273 e. The number of methoxy groups -OCH3 is 1. The lowest BCUT2D eigenvalue weighted by molar-refractivity contribution is -0.146. The van der Waals surface area contributed by atoms with Crippen LogP contribution < -0.4 is 5.73 Å². The van der Waals surface area contributed by atoms with Gasteiger partial charge >= 0.3 is 0 Å². The Labute approximate surface area is 179 Å². The van der Waals surface area contributed by atoms with Crippen molar-refractivity contribution in [3.05, 3.63) is 71.3 Å². The van der Waals surface area contributed by atoms with E-state index in [9.17, 15) is 13.6 Å². The molecule has 0 saturated heterocycles. The predicted octanol–water partition coefficient (Wildman–Crippen LogP) is 4.22. The fourth-order valence-corrected chi connectivity index (χ4v) is 4.92. The molecule has 1 heterocycles. The Balaban J connectivity index is 2.16. The second kappa shape index (κ2) is 9.68. The summed E-state index contributed by atoms with van der Waals surface area (Å²) in [5.41, 5.74) is 6.64. The van der Waals surface area contributed by atoms with Crippen molar-refractivity contribution >= 4 is 22.7 Å². The highest BCUT2D eigenvalue weighted by molar-refractivity contribution is 8.15. The van der Waals surface area contributed by atoms with E-state index < -0.39 is 22.6 Å². The normalized spacial score (nSPS) is 19.6. The van der Waals surface area contributed by atoms with Gasteiger partial charge in [-0.15, -0.1) is 0 Å². The third kappa shape index (κ3) is 4.26. The molecule has 2 unspecified atom stereocenters. The standard InChI is InChI=1S/C22H25F2N3O2S/c1-3-19(29-2)21(28)27-22(12-7-13-25,15-8-5-4-6-9-15)30-20(26-27)17-14-16(23)10-11-18(17)24/h4-6,8-11,14,19H,3,7,12-13,25H2,1-2H3. The van der Waals surface area contributed by atoms with Crippen LogP contribution >= 0.6 is 11.8 Å². The number of nitrogens with two attached hydrogens (primary N) is 1. The summed E-state index contributed by atoms with van der Waals surface area (Å²) in [4.78, 5) is 12.4. The van der Waals surface area contributed by atoms with Crippen molar-refractivity contribution in [3.63, 3.8) is 0 Å². The summed E-state index contributed by atoms with van der Waals surface area (Å²) in [7, 11) is 1.47. The number of nitrogens with zero attached hydrogens (tertiary/aromatic N) is 2. The molecule has 160 valence electrons. The van der Waals surface area contributed by atoms with E-state index in [0.717, 1.165) is 23.8 Å².